The number of hydrogen-bond donors (Lipinski definition) is 1. The highest BCUT2D eigenvalue weighted by Gasteiger charge is 2.61. The summed E-state index contributed by atoms with van der Waals surface area (Å²) in [5.74, 6) is 2.62. The number of aliphatic hydroxyl groups excluding tert-OH is 1. The van der Waals surface area contributed by atoms with E-state index >= 15 is 0 Å². The lowest BCUT2D eigenvalue weighted by Crippen LogP contribution is -2.54. The maximum Gasteiger partial charge on any atom is 0.303 e. The molecule has 4 heteroatoms. The van der Waals surface area contributed by atoms with Crippen molar-refractivity contribution in [1.82, 2.24) is 0 Å². The maximum absolute atomic E-state index is 12.8. The summed E-state index contributed by atoms with van der Waals surface area (Å²) in [4.78, 5) is 23.9. The topological polar surface area (TPSA) is 63.6 Å². The number of ketones is 1. The molecule has 4 fully saturated rings. The van der Waals surface area contributed by atoms with Gasteiger partial charge in [0.2, 0.25) is 0 Å². The number of fused-ring (bicyclic) bond motifs is 5. The van der Waals surface area contributed by atoms with E-state index in [0.717, 1.165) is 50.4 Å². The molecule has 4 nitrogen and oxygen atoms in total. The van der Waals surface area contributed by atoms with Gasteiger partial charge in [0.15, 0.2) is 5.78 Å². The molecule has 4 rings (SSSR count). The molecule has 0 heterocycles. The van der Waals surface area contributed by atoms with Crippen LogP contribution < -0.4 is 0 Å². The Balaban J connectivity index is 1.52. The summed E-state index contributed by atoms with van der Waals surface area (Å²) in [6.07, 6.45) is 9.99. The molecule has 0 aromatic rings. The summed E-state index contributed by atoms with van der Waals surface area (Å²) in [7, 11) is 0. The largest absolute Gasteiger partial charge is 0.458 e. The van der Waals surface area contributed by atoms with Crippen LogP contribution in [0.3, 0.4) is 0 Å². The molecule has 0 bridgehead atoms. The summed E-state index contributed by atoms with van der Waals surface area (Å²) in [6, 6.07) is 0. The summed E-state index contributed by atoms with van der Waals surface area (Å²) >= 11 is 0. The number of aliphatic hydroxyl groups is 1. The normalized spacial score (nSPS) is 48.9. The van der Waals surface area contributed by atoms with E-state index in [0.29, 0.717) is 17.3 Å². The molecule has 0 amide bonds. The lowest BCUT2D eigenvalue weighted by Gasteiger charge is -2.60. The first-order valence-corrected chi connectivity index (χ1v) is 11.1. The Kier molecular flexibility index (Phi) is 4.93. The Labute approximate surface area is 163 Å². The number of esters is 1. The molecule has 0 aromatic heterocycles. The van der Waals surface area contributed by atoms with Gasteiger partial charge in [0.25, 0.3) is 0 Å². The maximum atomic E-state index is 12.8. The summed E-state index contributed by atoms with van der Waals surface area (Å²) in [5.41, 5.74) is 0.457. The minimum absolute atomic E-state index is 0.0475. The number of ether oxygens (including phenoxy) is 1. The van der Waals surface area contributed by atoms with Crippen molar-refractivity contribution in [3.05, 3.63) is 0 Å². The Morgan fingerprint density at radius 2 is 1.67 bits per heavy atom. The predicted molar refractivity (Wildman–Crippen MR) is 103 cm³/mol. The van der Waals surface area contributed by atoms with Gasteiger partial charge < -0.3 is 9.84 Å². The first-order chi connectivity index (χ1) is 12.8. The van der Waals surface area contributed by atoms with E-state index in [4.69, 9.17) is 4.74 Å². The SMILES string of the molecule is CC(=O)OCC(=O)[C@@H]1CC[C@@H]2[C@@H]3CC[C@@H]4C[C@H](O)CC[C@]4(C)[C@@H]3CC[C@@]21C. The third-order valence-electron chi connectivity index (χ3n) is 9.44. The molecule has 0 aliphatic heterocycles. The van der Waals surface area contributed by atoms with Gasteiger partial charge in [-0.3, -0.25) is 9.59 Å². The monoisotopic (exact) mass is 376 g/mol. The van der Waals surface area contributed by atoms with Crippen molar-refractivity contribution >= 4 is 11.8 Å². The van der Waals surface area contributed by atoms with Gasteiger partial charge in [-0.05, 0) is 92.3 Å². The molecule has 4 saturated carbocycles. The van der Waals surface area contributed by atoms with Gasteiger partial charge in [-0.15, -0.1) is 0 Å². The molecule has 4 aliphatic rings. The van der Waals surface area contributed by atoms with Gasteiger partial charge >= 0.3 is 5.97 Å². The van der Waals surface area contributed by atoms with Crippen molar-refractivity contribution in [1.29, 1.82) is 0 Å². The molecule has 0 saturated heterocycles. The quantitative estimate of drug-likeness (QED) is 0.752. The molecular weight excluding hydrogens is 340 g/mol. The van der Waals surface area contributed by atoms with Crippen LogP contribution in [0.5, 0.6) is 0 Å². The molecule has 152 valence electrons. The molecule has 1 N–H and O–H groups in total. The van der Waals surface area contributed by atoms with Crippen LogP contribution in [-0.4, -0.2) is 29.6 Å². The molecule has 0 unspecified atom stereocenters. The lowest BCUT2D eigenvalue weighted by molar-refractivity contribution is -0.151. The summed E-state index contributed by atoms with van der Waals surface area (Å²) in [5, 5.41) is 10.2. The van der Waals surface area contributed by atoms with E-state index in [1.807, 2.05) is 0 Å². The van der Waals surface area contributed by atoms with Crippen LogP contribution in [0.1, 0.15) is 78.6 Å². The van der Waals surface area contributed by atoms with Crippen LogP contribution in [-0.2, 0) is 14.3 Å². The van der Waals surface area contributed by atoms with Crippen LogP contribution in [0.15, 0.2) is 0 Å². The third-order valence-corrected chi connectivity index (χ3v) is 9.44. The average Bonchev–Trinajstić information content (AvgIpc) is 2.97. The van der Waals surface area contributed by atoms with Gasteiger partial charge in [0.1, 0.15) is 6.61 Å². The second-order valence-electron chi connectivity index (χ2n) is 10.5. The first-order valence-electron chi connectivity index (χ1n) is 11.1. The number of Topliss-reactive ketones (excluding diaryl/α,β-unsaturated/α-hetero) is 1. The molecule has 4 aliphatic carbocycles. The van der Waals surface area contributed by atoms with Crippen molar-refractivity contribution in [2.45, 2.75) is 84.7 Å². The lowest BCUT2D eigenvalue weighted by atomic mass is 9.44. The number of carbonyl (C=O) groups excluding carboxylic acids is 2. The van der Waals surface area contributed by atoms with Crippen LogP contribution in [0, 0.1) is 40.4 Å². The fourth-order valence-electron chi connectivity index (χ4n) is 8.04. The second-order valence-corrected chi connectivity index (χ2v) is 10.5. The molecule has 8 atom stereocenters. The zero-order valence-electron chi connectivity index (χ0n) is 17.2. The van der Waals surface area contributed by atoms with Gasteiger partial charge in [0, 0.05) is 12.8 Å². The zero-order valence-corrected chi connectivity index (χ0v) is 17.2. The van der Waals surface area contributed by atoms with E-state index in [1.54, 1.807) is 0 Å². The van der Waals surface area contributed by atoms with E-state index in [9.17, 15) is 14.7 Å². The fourth-order valence-corrected chi connectivity index (χ4v) is 8.04. The van der Waals surface area contributed by atoms with Crippen LogP contribution in [0.4, 0.5) is 0 Å². The zero-order chi connectivity index (χ0) is 19.4. The Bertz CT molecular complexity index is 615. The van der Waals surface area contributed by atoms with Gasteiger partial charge in [-0.25, -0.2) is 0 Å². The van der Waals surface area contributed by atoms with Crippen molar-refractivity contribution in [3.63, 3.8) is 0 Å². The third kappa shape index (κ3) is 3.07. The smallest absolute Gasteiger partial charge is 0.303 e. The average molecular weight is 377 g/mol. The minimum atomic E-state index is -0.363. The highest BCUT2D eigenvalue weighted by Crippen LogP contribution is 2.67. The van der Waals surface area contributed by atoms with Crippen molar-refractivity contribution < 1.29 is 19.4 Å². The van der Waals surface area contributed by atoms with Crippen molar-refractivity contribution in [2.24, 2.45) is 40.4 Å². The predicted octanol–water partition coefficient (Wildman–Crippen LogP) is 4.14. The van der Waals surface area contributed by atoms with Crippen molar-refractivity contribution in [3.8, 4) is 0 Å². The minimum Gasteiger partial charge on any atom is -0.458 e. The van der Waals surface area contributed by atoms with E-state index in [-0.39, 0.29) is 35.8 Å². The van der Waals surface area contributed by atoms with Crippen LogP contribution in [0.2, 0.25) is 0 Å². The molecule has 0 spiro atoms. The van der Waals surface area contributed by atoms with Gasteiger partial charge in [0.05, 0.1) is 6.10 Å². The molecule has 0 aromatic carbocycles. The van der Waals surface area contributed by atoms with Gasteiger partial charge in [-0.1, -0.05) is 13.8 Å². The first kappa shape index (κ1) is 19.4. The van der Waals surface area contributed by atoms with Crippen molar-refractivity contribution in [2.75, 3.05) is 6.61 Å². The van der Waals surface area contributed by atoms with E-state index in [1.165, 1.54) is 26.2 Å². The van der Waals surface area contributed by atoms with Crippen LogP contribution >= 0.6 is 0 Å². The Hall–Kier alpha value is -0.900. The summed E-state index contributed by atoms with van der Waals surface area (Å²) < 4.78 is 5.03. The van der Waals surface area contributed by atoms with Gasteiger partial charge in [-0.2, -0.15) is 0 Å². The number of hydrogen-bond acceptors (Lipinski definition) is 4. The number of rotatable bonds is 3. The standard InChI is InChI=1S/C23H36O4/c1-14(24)27-13-21(26)20-7-6-18-17-5-4-15-12-16(25)8-10-22(15,2)19(17)9-11-23(18,20)3/h15-20,25H,4-13H2,1-3H3/t15-,16-,17+,18-,19-,20+,22+,23+/m1/s1. The molecular formula is C23H36O4. The number of carbonyl (C=O) groups is 2. The summed E-state index contributed by atoms with van der Waals surface area (Å²) in [6.45, 7) is 6.17. The fraction of sp³-hybridized carbons (Fsp3) is 0.913. The van der Waals surface area contributed by atoms with E-state index < -0.39 is 0 Å². The molecule has 27 heavy (non-hydrogen) atoms. The second kappa shape index (κ2) is 6.86. The highest BCUT2D eigenvalue weighted by atomic mass is 16.5. The van der Waals surface area contributed by atoms with E-state index in [2.05, 4.69) is 13.8 Å². The highest BCUT2D eigenvalue weighted by molar-refractivity contribution is 5.85. The Morgan fingerprint density at radius 1 is 0.963 bits per heavy atom. The molecule has 0 radical (unpaired) electrons. The Morgan fingerprint density at radius 3 is 2.41 bits per heavy atom. The van der Waals surface area contributed by atoms with Crippen LogP contribution in [0.25, 0.3) is 0 Å².